The van der Waals surface area contributed by atoms with Crippen LogP contribution in [0.1, 0.15) is 12.8 Å². The van der Waals surface area contributed by atoms with Crippen LogP contribution in [0.3, 0.4) is 0 Å². The minimum Gasteiger partial charge on any atom is -0.440 e. The maximum Gasteiger partial charge on any atom is 0.422 e. The lowest BCUT2D eigenvalue weighted by atomic mass is 10.4. The first-order valence-electron chi connectivity index (χ1n) is 5.55. The first kappa shape index (κ1) is 14.1. The number of amides is 1. The second-order valence-corrected chi connectivity index (χ2v) is 4.14. The van der Waals surface area contributed by atoms with E-state index >= 15 is 0 Å². The molecule has 0 aromatic carbocycles. The monoisotopic (exact) mass is 254 g/mol. The molecule has 0 spiro atoms. The number of likely N-dealkylation sites (tertiary alicyclic amines) is 1. The van der Waals surface area contributed by atoms with E-state index in [1.807, 2.05) is 0 Å². The summed E-state index contributed by atoms with van der Waals surface area (Å²) in [5.41, 5.74) is 0. The summed E-state index contributed by atoms with van der Waals surface area (Å²) in [6.07, 6.45) is -3.11. The van der Waals surface area contributed by atoms with Crippen molar-refractivity contribution in [3.8, 4) is 0 Å². The number of nitrogens with zero attached hydrogens (tertiary/aromatic N) is 2. The fourth-order valence-corrected chi connectivity index (χ4v) is 1.64. The molecular weight excluding hydrogens is 237 g/mol. The van der Waals surface area contributed by atoms with Crippen LogP contribution in [-0.2, 0) is 4.74 Å². The van der Waals surface area contributed by atoms with Gasteiger partial charge in [-0.3, -0.25) is 0 Å². The minimum atomic E-state index is -4.47. The maximum atomic E-state index is 11.8. The Bertz CT molecular complexity index is 252. The van der Waals surface area contributed by atoms with Gasteiger partial charge in [0.05, 0.1) is 0 Å². The second kappa shape index (κ2) is 6.09. The van der Waals surface area contributed by atoms with Crippen LogP contribution in [0.25, 0.3) is 0 Å². The molecule has 1 aliphatic heterocycles. The van der Waals surface area contributed by atoms with Crippen LogP contribution < -0.4 is 0 Å². The van der Waals surface area contributed by atoms with Gasteiger partial charge in [0.15, 0.2) is 6.61 Å². The van der Waals surface area contributed by atoms with E-state index in [9.17, 15) is 18.0 Å². The van der Waals surface area contributed by atoms with Crippen LogP contribution in [0, 0.1) is 0 Å². The third kappa shape index (κ3) is 5.76. The van der Waals surface area contributed by atoms with Gasteiger partial charge in [0.25, 0.3) is 0 Å². The zero-order chi connectivity index (χ0) is 12.9. The van der Waals surface area contributed by atoms with E-state index in [1.54, 1.807) is 0 Å². The summed E-state index contributed by atoms with van der Waals surface area (Å²) in [5.74, 6) is 0. The van der Waals surface area contributed by atoms with E-state index in [0.717, 1.165) is 25.9 Å². The van der Waals surface area contributed by atoms with Gasteiger partial charge in [0.1, 0.15) is 0 Å². The number of likely N-dealkylation sites (N-methyl/N-ethyl adjacent to an activating group) is 1. The molecule has 100 valence electrons. The van der Waals surface area contributed by atoms with Crippen molar-refractivity contribution in [1.82, 2.24) is 9.80 Å². The molecule has 7 heteroatoms. The molecule has 0 unspecified atom stereocenters. The Morgan fingerprint density at radius 3 is 2.47 bits per heavy atom. The van der Waals surface area contributed by atoms with Gasteiger partial charge in [-0.05, 0) is 25.9 Å². The number of ether oxygens (including phenoxy) is 1. The zero-order valence-electron chi connectivity index (χ0n) is 9.79. The number of halogens is 3. The van der Waals surface area contributed by atoms with Gasteiger partial charge in [-0.25, -0.2) is 4.79 Å². The summed E-state index contributed by atoms with van der Waals surface area (Å²) in [7, 11) is 1.44. The molecular formula is C10H17F3N2O2. The van der Waals surface area contributed by atoms with Crippen molar-refractivity contribution in [3.63, 3.8) is 0 Å². The topological polar surface area (TPSA) is 32.8 Å². The Labute approximate surface area is 98.3 Å². The Balaban J connectivity index is 2.17. The first-order valence-corrected chi connectivity index (χ1v) is 5.55. The van der Waals surface area contributed by atoms with E-state index < -0.39 is 18.9 Å². The predicted molar refractivity (Wildman–Crippen MR) is 55.7 cm³/mol. The number of carbonyl (C=O) groups excluding carboxylic acids is 1. The normalized spacial score (nSPS) is 17.2. The van der Waals surface area contributed by atoms with Crippen LogP contribution >= 0.6 is 0 Å². The highest BCUT2D eigenvalue weighted by Gasteiger charge is 2.30. The van der Waals surface area contributed by atoms with E-state index in [-0.39, 0.29) is 0 Å². The summed E-state index contributed by atoms with van der Waals surface area (Å²) < 4.78 is 39.5. The molecule has 17 heavy (non-hydrogen) atoms. The van der Waals surface area contributed by atoms with Crippen molar-refractivity contribution in [1.29, 1.82) is 0 Å². The molecule has 0 aromatic heterocycles. The molecule has 0 saturated carbocycles. The third-order valence-corrected chi connectivity index (χ3v) is 2.62. The molecule has 0 bridgehead atoms. The number of hydrogen-bond acceptors (Lipinski definition) is 3. The van der Waals surface area contributed by atoms with Crippen LogP contribution in [0.4, 0.5) is 18.0 Å². The van der Waals surface area contributed by atoms with Crippen molar-refractivity contribution < 1.29 is 22.7 Å². The lowest BCUT2D eigenvalue weighted by molar-refractivity contribution is -0.162. The van der Waals surface area contributed by atoms with Crippen molar-refractivity contribution in [3.05, 3.63) is 0 Å². The van der Waals surface area contributed by atoms with Gasteiger partial charge in [-0.15, -0.1) is 0 Å². The quantitative estimate of drug-likeness (QED) is 0.765. The summed E-state index contributed by atoms with van der Waals surface area (Å²) in [4.78, 5) is 14.5. The SMILES string of the molecule is CN(CCN1CCCC1)C(=O)OCC(F)(F)F. The molecule has 0 N–H and O–H groups in total. The van der Waals surface area contributed by atoms with Crippen LogP contribution in [0.2, 0.25) is 0 Å². The molecule has 1 rings (SSSR count). The first-order chi connectivity index (χ1) is 7.88. The highest BCUT2D eigenvalue weighted by atomic mass is 19.4. The average Bonchev–Trinajstić information content (AvgIpc) is 2.74. The molecule has 0 aliphatic carbocycles. The van der Waals surface area contributed by atoms with E-state index in [1.165, 1.54) is 11.9 Å². The van der Waals surface area contributed by atoms with Crippen LogP contribution in [-0.4, -0.2) is 61.9 Å². The number of carbonyl (C=O) groups is 1. The molecule has 0 atom stereocenters. The summed E-state index contributed by atoms with van der Waals surface area (Å²) in [5, 5.41) is 0. The molecule has 1 saturated heterocycles. The molecule has 4 nitrogen and oxygen atoms in total. The highest BCUT2D eigenvalue weighted by Crippen LogP contribution is 2.15. The van der Waals surface area contributed by atoms with Gasteiger partial charge in [-0.2, -0.15) is 13.2 Å². The van der Waals surface area contributed by atoms with Gasteiger partial charge in [-0.1, -0.05) is 0 Å². The van der Waals surface area contributed by atoms with Crippen LogP contribution in [0.5, 0.6) is 0 Å². The number of rotatable bonds is 4. The Hall–Kier alpha value is -0.980. The molecule has 1 aliphatic rings. The summed E-state index contributed by atoms with van der Waals surface area (Å²) in [6.45, 7) is 1.52. The van der Waals surface area contributed by atoms with Crippen molar-refractivity contribution in [2.24, 2.45) is 0 Å². The number of alkyl halides is 3. The maximum absolute atomic E-state index is 11.8. The van der Waals surface area contributed by atoms with Gasteiger partial charge >= 0.3 is 12.3 Å². The van der Waals surface area contributed by atoms with Gasteiger partial charge < -0.3 is 14.5 Å². The summed E-state index contributed by atoms with van der Waals surface area (Å²) in [6, 6.07) is 0. The largest absolute Gasteiger partial charge is 0.440 e. The van der Waals surface area contributed by atoms with Crippen molar-refractivity contribution in [2.45, 2.75) is 19.0 Å². The predicted octanol–water partition coefficient (Wildman–Crippen LogP) is 1.71. The van der Waals surface area contributed by atoms with Crippen molar-refractivity contribution in [2.75, 3.05) is 39.8 Å². The summed E-state index contributed by atoms with van der Waals surface area (Å²) >= 11 is 0. The smallest absolute Gasteiger partial charge is 0.422 e. The van der Waals surface area contributed by atoms with E-state index in [4.69, 9.17) is 0 Å². The van der Waals surface area contributed by atoms with Crippen molar-refractivity contribution >= 4 is 6.09 Å². The Morgan fingerprint density at radius 2 is 1.94 bits per heavy atom. The highest BCUT2D eigenvalue weighted by molar-refractivity contribution is 5.67. The minimum absolute atomic E-state index is 0.386. The molecule has 0 radical (unpaired) electrons. The third-order valence-electron chi connectivity index (χ3n) is 2.62. The zero-order valence-corrected chi connectivity index (χ0v) is 9.79. The van der Waals surface area contributed by atoms with E-state index in [2.05, 4.69) is 9.64 Å². The lowest BCUT2D eigenvalue weighted by Crippen LogP contribution is -2.36. The molecule has 1 amide bonds. The number of hydrogen-bond donors (Lipinski definition) is 0. The fraction of sp³-hybridized carbons (Fsp3) is 0.900. The molecule has 0 aromatic rings. The van der Waals surface area contributed by atoms with E-state index in [0.29, 0.717) is 13.1 Å². The average molecular weight is 254 g/mol. The Morgan fingerprint density at radius 1 is 1.35 bits per heavy atom. The fourth-order valence-electron chi connectivity index (χ4n) is 1.64. The molecule has 1 heterocycles. The Kier molecular flexibility index (Phi) is 5.04. The second-order valence-electron chi connectivity index (χ2n) is 4.14. The van der Waals surface area contributed by atoms with Crippen LogP contribution in [0.15, 0.2) is 0 Å². The lowest BCUT2D eigenvalue weighted by Gasteiger charge is -2.21. The van der Waals surface area contributed by atoms with Gasteiger partial charge in [0, 0.05) is 20.1 Å². The molecule has 1 fully saturated rings. The standard InChI is InChI=1S/C10H17F3N2O2/c1-14(6-7-15-4-2-3-5-15)9(16)17-8-10(11,12)13/h2-8H2,1H3. The van der Waals surface area contributed by atoms with Gasteiger partial charge in [0.2, 0.25) is 0 Å².